The molecular weight excluding hydrogens is 873 g/mol. The number of nitrogens with two attached hydrogens (primary N) is 1. The molecule has 0 radical (unpaired) electrons. The second kappa shape index (κ2) is 22.1. The maximum atomic E-state index is 14.2. The lowest BCUT2D eigenvalue weighted by molar-refractivity contribution is -0.146. The van der Waals surface area contributed by atoms with Gasteiger partial charge in [-0.25, -0.2) is 9.59 Å². The summed E-state index contributed by atoms with van der Waals surface area (Å²) < 4.78 is 58.5. The van der Waals surface area contributed by atoms with Crippen LogP contribution >= 0.6 is 11.6 Å². The zero-order valence-electron chi connectivity index (χ0n) is 36.7. The Labute approximate surface area is 382 Å². The van der Waals surface area contributed by atoms with Crippen LogP contribution in [0.4, 0.5) is 34.1 Å². The average molecular weight is 933 g/mol. The number of hydrogen-bond donors (Lipinski definition) is 2. The number of rotatable bonds is 13. The number of carbonyl (C=O) groups is 5. The average Bonchev–Trinajstić information content (AvgIpc) is 3.48. The van der Waals surface area contributed by atoms with Crippen LogP contribution in [0.25, 0.3) is 0 Å². The number of alkyl halides is 3. The Bertz CT molecular complexity index is 2000. The van der Waals surface area contributed by atoms with Crippen LogP contribution in [0.1, 0.15) is 61.6 Å². The van der Waals surface area contributed by atoms with Gasteiger partial charge in [-0.15, -0.1) is 0 Å². The molecule has 5 amide bonds. The number of likely N-dealkylation sites (tertiary alicyclic amines) is 2. The van der Waals surface area contributed by atoms with Crippen LogP contribution < -0.4 is 11.1 Å². The van der Waals surface area contributed by atoms with Crippen molar-refractivity contribution in [3.05, 3.63) is 58.1 Å². The van der Waals surface area contributed by atoms with Gasteiger partial charge >= 0.3 is 24.3 Å². The van der Waals surface area contributed by atoms with Gasteiger partial charge in [-0.2, -0.15) is 13.2 Å². The van der Waals surface area contributed by atoms with E-state index < -0.39 is 35.5 Å². The number of nitrogens with zero attached hydrogens (tertiary/aromatic N) is 6. The molecule has 7 rings (SSSR count). The quantitative estimate of drug-likeness (QED) is 0.162. The minimum absolute atomic E-state index is 0.0325. The Morgan fingerprint density at radius 2 is 1.52 bits per heavy atom. The van der Waals surface area contributed by atoms with Gasteiger partial charge in [0.15, 0.2) is 6.10 Å². The molecule has 1 atom stereocenters. The molecule has 5 heterocycles. The van der Waals surface area contributed by atoms with Crippen molar-refractivity contribution < 1.29 is 51.4 Å². The van der Waals surface area contributed by atoms with E-state index in [0.717, 1.165) is 56.2 Å². The Morgan fingerprint density at radius 3 is 2.23 bits per heavy atom. The fourth-order valence-corrected chi connectivity index (χ4v) is 9.69. The van der Waals surface area contributed by atoms with Gasteiger partial charge in [-0.3, -0.25) is 24.2 Å². The number of fused-ring (bicyclic) bond motifs is 1. The minimum Gasteiger partial charge on any atom is -0.466 e. The number of piperidine rings is 2. The van der Waals surface area contributed by atoms with Gasteiger partial charge in [0, 0.05) is 109 Å². The first-order chi connectivity index (χ1) is 31.2. The highest BCUT2D eigenvalue weighted by Gasteiger charge is 2.39. The van der Waals surface area contributed by atoms with Gasteiger partial charge in [0.25, 0.3) is 5.91 Å². The highest BCUT2D eigenvalue weighted by molar-refractivity contribution is 6.33. The SMILES string of the molecule is Nc1c(Cl)cc(C[C@@H](OC(=O)N2CCC(N3CCc4ccccc4NC3=O)CC2)C(=O)N2CCN(C3CCN(C(=O)CCC(=O)OCCCN4CCOCC4)CC3)CC2)cc1C(F)(F)F. The number of nitrogen functional groups attached to an aromatic ring is 1. The number of para-hydroxylation sites is 1. The first kappa shape index (κ1) is 48.1. The Hall–Kier alpha value is -4.85. The number of esters is 1. The van der Waals surface area contributed by atoms with Crippen LogP contribution in [-0.4, -0.2) is 176 Å². The predicted molar refractivity (Wildman–Crippen MR) is 235 cm³/mol. The lowest BCUT2D eigenvalue weighted by atomic mass is 10.0. The van der Waals surface area contributed by atoms with Gasteiger partial charge in [0.05, 0.1) is 42.5 Å². The fraction of sp³-hybridized carbons (Fsp3) is 0.622. The first-order valence-corrected chi connectivity index (χ1v) is 23.1. The van der Waals surface area contributed by atoms with E-state index in [-0.39, 0.29) is 72.9 Å². The molecule has 5 aliphatic heterocycles. The highest BCUT2D eigenvalue weighted by atomic mass is 35.5. The van der Waals surface area contributed by atoms with Crippen molar-refractivity contribution in [3.63, 3.8) is 0 Å². The zero-order chi connectivity index (χ0) is 46.1. The summed E-state index contributed by atoms with van der Waals surface area (Å²) in [6.45, 7) is 8.03. The smallest absolute Gasteiger partial charge is 0.418 e. The fourth-order valence-electron chi connectivity index (χ4n) is 9.44. The van der Waals surface area contributed by atoms with Gasteiger partial charge in [-0.05, 0) is 67.9 Å². The van der Waals surface area contributed by atoms with E-state index >= 15 is 0 Å². The van der Waals surface area contributed by atoms with Gasteiger partial charge in [0.2, 0.25) is 5.91 Å². The van der Waals surface area contributed by atoms with Crippen LogP contribution in [0.15, 0.2) is 36.4 Å². The molecule has 0 unspecified atom stereocenters. The molecule has 3 N–H and O–H groups in total. The van der Waals surface area contributed by atoms with Crippen molar-refractivity contribution >= 4 is 52.9 Å². The van der Waals surface area contributed by atoms with Crippen molar-refractivity contribution in [1.82, 2.24) is 29.4 Å². The van der Waals surface area contributed by atoms with Crippen LogP contribution in [0.2, 0.25) is 5.02 Å². The molecular formula is C45H60ClF3N8O8. The third kappa shape index (κ3) is 12.7. The lowest BCUT2D eigenvalue weighted by Crippen LogP contribution is -2.57. The summed E-state index contributed by atoms with van der Waals surface area (Å²) in [6, 6.07) is 9.55. The van der Waals surface area contributed by atoms with E-state index in [1.165, 1.54) is 11.0 Å². The summed E-state index contributed by atoms with van der Waals surface area (Å²) in [7, 11) is 0. The van der Waals surface area contributed by atoms with Crippen molar-refractivity contribution in [3.8, 4) is 0 Å². The summed E-state index contributed by atoms with van der Waals surface area (Å²) in [5, 5.41) is 2.65. The molecule has 2 aromatic carbocycles. The maximum Gasteiger partial charge on any atom is 0.418 e. The molecule has 16 nitrogen and oxygen atoms in total. The van der Waals surface area contributed by atoms with E-state index in [2.05, 4.69) is 15.1 Å². The Morgan fingerprint density at radius 1 is 0.846 bits per heavy atom. The standard InChI is InChI=1S/C45H60ClF3N8O8/c46-36-29-31(28-35(41(36)50)45(47,48)49)30-38(65-44(62)56-16-11-34(12-17-56)57-18-8-32-4-1-2-5-37(32)51-43(57)61)42(60)55-21-19-53(20-22-55)33-9-14-54(15-10-33)39(58)6-7-40(59)64-25-3-13-52-23-26-63-27-24-52/h1-2,4-5,28-29,33-34,38H,3,6-27,30,50H2,(H,51,61)/t38-/m1/s1. The van der Waals surface area contributed by atoms with E-state index in [1.54, 1.807) is 14.7 Å². The molecule has 5 aliphatic rings. The topological polar surface area (TPSA) is 171 Å². The number of carbonyl (C=O) groups excluding carboxylic acids is 5. The lowest BCUT2D eigenvalue weighted by Gasteiger charge is -2.43. The number of anilines is 2. The van der Waals surface area contributed by atoms with E-state index in [1.807, 2.05) is 24.3 Å². The predicted octanol–water partition coefficient (Wildman–Crippen LogP) is 4.72. The number of nitrogens with one attached hydrogen (secondary N) is 1. The largest absolute Gasteiger partial charge is 0.466 e. The molecule has 0 spiro atoms. The van der Waals surface area contributed by atoms with E-state index in [4.69, 9.17) is 31.5 Å². The summed E-state index contributed by atoms with van der Waals surface area (Å²) in [4.78, 5) is 77.6. The minimum atomic E-state index is -4.81. The number of benzene rings is 2. The molecule has 4 fully saturated rings. The third-order valence-corrected chi connectivity index (χ3v) is 13.5. The molecule has 20 heteroatoms. The van der Waals surface area contributed by atoms with Crippen LogP contribution in [-0.2, 0) is 47.6 Å². The van der Waals surface area contributed by atoms with E-state index in [9.17, 15) is 37.1 Å². The second-order valence-corrected chi connectivity index (χ2v) is 17.8. The number of amides is 5. The Balaban J connectivity index is 0.895. The molecule has 2 aromatic rings. The number of ether oxygens (including phenoxy) is 3. The van der Waals surface area contributed by atoms with Crippen molar-refractivity contribution in [2.24, 2.45) is 0 Å². The number of morpholine rings is 1. The number of hydrogen-bond acceptors (Lipinski definition) is 11. The summed E-state index contributed by atoms with van der Waals surface area (Å²) in [5.41, 5.74) is 5.76. The number of piperazine rings is 1. The molecule has 0 aliphatic carbocycles. The molecule has 0 bridgehead atoms. The third-order valence-electron chi connectivity index (χ3n) is 13.2. The highest BCUT2D eigenvalue weighted by Crippen LogP contribution is 2.38. The van der Waals surface area contributed by atoms with Crippen molar-refractivity contribution in [2.75, 3.05) is 109 Å². The van der Waals surface area contributed by atoms with Gasteiger partial charge in [-0.1, -0.05) is 29.8 Å². The summed E-state index contributed by atoms with van der Waals surface area (Å²) in [5.74, 6) is -1.00. The van der Waals surface area contributed by atoms with Gasteiger partial charge < -0.3 is 44.9 Å². The molecule has 0 aromatic heterocycles. The monoisotopic (exact) mass is 932 g/mol. The number of halogens is 4. The molecule has 356 valence electrons. The molecule has 4 saturated heterocycles. The van der Waals surface area contributed by atoms with Crippen molar-refractivity contribution in [2.45, 2.75) is 82.2 Å². The Kier molecular flexibility index (Phi) is 16.3. The van der Waals surface area contributed by atoms with Crippen LogP contribution in [0.3, 0.4) is 0 Å². The second-order valence-electron chi connectivity index (χ2n) is 17.4. The summed E-state index contributed by atoms with van der Waals surface area (Å²) in [6.07, 6.45) is -3.49. The number of urea groups is 1. The van der Waals surface area contributed by atoms with E-state index in [0.29, 0.717) is 84.9 Å². The van der Waals surface area contributed by atoms with Gasteiger partial charge in [0.1, 0.15) is 0 Å². The maximum absolute atomic E-state index is 14.2. The molecule has 65 heavy (non-hydrogen) atoms. The van der Waals surface area contributed by atoms with Crippen LogP contribution in [0, 0.1) is 0 Å². The van der Waals surface area contributed by atoms with Crippen molar-refractivity contribution in [1.29, 1.82) is 0 Å². The van der Waals surface area contributed by atoms with Crippen LogP contribution in [0.5, 0.6) is 0 Å². The normalized spacial score (nSPS) is 20.2. The first-order valence-electron chi connectivity index (χ1n) is 22.8. The zero-order valence-corrected chi connectivity index (χ0v) is 37.5. The summed E-state index contributed by atoms with van der Waals surface area (Å²) >= 11 is 6.16. The molecule has 0 saturated carbocycles.